The molecule has 0 saturated heterocycles. The van der Waals surface area contributed by atoms with Gasteiger partial charge in [-0.25, -0.2) is 0 Å². The summed E-state index contributed by atoms with van der Waals surface area (Å²) in [5.41, 5.74) is 0. The maximum Gasteiger partial charge on any atom is 0.0667 e. The van der Waals surface area contributed by atoms with E-state index >= 15 is 0 Å². The highest BCUT2D eigenvalue weighted by Gasteiger charge is 2.07. The van der Waals surface area contributed by atoms with Crippen LogP contribution in [0.5, 0.6) is 0 Å². The summed E-state index contributed by atoms with van der Waals surface area (Å²) in [7, 11) is 0. The molecule has 0 fully saturated rings. The van der Waals surface area contributed by atoms with Crippen molar-refractivity contribution in [1.82, 2.24) is 5.32 Å². The highest BCUT2D eigenvalue weighted by Crippen LogP contribution is 2.06. The van der Waals surface area contributed by atoms with Gasteiger partial charge in [0, 0.05) is 6.54 Å². The summed E-state index contributed by atoms with van der Waals surface area (Å²) in [6, 6.07) is 0. The van der Waals surface area contributed by atoms with E-state index in [2.05, 4.69) is 33.0 Å². The minimum Gasteiger partial charge on any atom is -0.392 e. The molecular formula is C12H27NO. The molecule has 1 atom stereocenters. The van der Waals surface area contributed by atoms with Crippen molar-refractivity contribution in [2.45, 2.75) is 53.1 Å². The Bertz CT molecular complexity index is 121. The molecule has 0 heterocycles. The van der Waals surface area contributed by atoms with Gasteiger partial charge in [0.2, 0.25) is 0 Å². The van der Waals surface area contributed by atoms with E-state index in [1.165, 1.54) is 12.8 Å². The molecule has 0 aliphatic rings. The second-order valence-electron chi connectivity index (χ2n) is 4.62. The average molecular weight is 201 g/mol. The van der Waals surface area contributed by atoms with Gasteiger partial charge in [-0.2, -0.15) is 0 Å². The summed E-state index contributed by atoms with van der Waals surface area (Å²) < 4.78 is 0. The first-order valence-corrected chi connectivity index (χ1v) is 5.98. The monoisotopic (exact) mass is 201 g/mol. The predicted molar refractivity (Wildman–Crippen MR) is 62.4 cm³/mol. The van der Waals surface area contributed by atoms with Gasteiger partial charge in [-0.3, -0.25) is 0 Å². The molecule has 1 unspecified atom stereocenters. The zero-order chi connectivity index (χ0) is 11.0. The molecular weight excluding hydrogens is 174 g/mol. The van der Waals surface area contributed by atoms with E-state index < -0.39 is 0 Å². The molecule has 14 heavy (non-hydrogen) atoms. The molecule has 0 aromatic heterocycles. The number of nitrogens with one attached hydrogen (secondary N) is 1. The smallest absolute Gasteiger partial charge is 0.0667 e. The van der Waals surface area contributed by atoms with Gasteiger partial charge in [-0.05, 0) is 24.8 Å². The van der Waals surface area contributed by atoms with Crippen LogP contribution >= 0.6 is 0 Å². The average Bonchev–Trinajstić information content (AvgIpc) is 2.11. The van der Waals surface area contributed by atoms with Crippen LogP contribution < -0.4 is 5.32 Å². The van der Waals surface area contributed by atoms with Crippen LogP contribution in [-0.4, -0.2) is 24.3 Å². The number of hydrogen-bond acceptors (Lipinski definition) is 2. The molecule has 0 aliphatic carbocycles. The maximum atomic E-state index is 9.62. The van der Waals surface area contributed by atoms with Crippen LogP contribution in [0.1, 0.15) is 47.0 Å². The molecule has 2 heteroatoms. The van der Waals surface area contributed by atoms with Crippen LogP contribution in [0, 0.1) is 11.8 Å². The van der Waals surface area contributed by atoms with Gasteiger partial charge >= 0.3 is 0 Å². The molecule has 0 aromatic rings. The molecule has 0 bridgehead atoms. The zero-order valence-electron chi connectivity index (χ0n) is 10.2. The first-order chi connectivity index (χ1) is 6.60. The fourth-order valence-corrected chi connectivity index (χ4v) is 1.66. The Kier molecular flexibility index (Phi) is 8.20. The standard InChI is InChI=1S/C12H27NO/c1-5-11(6-2)8-13-9-12(14)7-10(3)4/h10-14H,5-9H2,1-4H3. The van der Waals surface area contributed by atoms with Crippen molar-refractivity contribution in [2.75, 3.05) is 13.1 Å². The first kappa shape index (κ1) is 13.9. The summed E-state index contributed by atoms with van der Waals surface area (Å²) in [6.45, 7) is 10.5. The van der Waals surface area contributed by atoms with Crippen LogP contribution in [0.2, 0.25) is 0 Å². The van der Waals surface area contributed by atoms with E-state index in [9.17, 15) is 5.11 Å². The van der Waals surface area contributed by atoms with Crippen LogP contribution in [-0.2, 0) is 0 Å². The first-order valence-electron chi connectivity index (χ1n) is 5.98. The lowest BCUT2D eigenvalue weighted by Crippen LogP contribution is -2.31. The molecule has 0 saturated carbocycles. The van der Waals surface area contributed by atoms with E-state index in [-0.39, 0.29) is 6.10 Å². The Morgan fingerprint density at radius 1 is 1.07 bits per heavy atom. The molecule has 2 N–H and O–H groups in total. The van der Waals surface area contributed by atoms with Crippen molar-refractivity contribution in [3.63, 3.8) is 0 Å². The van der Waals surface area contributed by atoms with Gasteiger partial charge in [0.15, 0.2) is 0 Å². The third-order valence-electron chi connectivity index (χ3n) is 2.71. The van der Waals surface area contributed by atoms with E-state index in [0.717, 1.165) is 25.4 Å². The number of hydrogen-bond donors (Lipinski definition) is 2. The number of rotatable bonds is 8. The van der Waals surface area contributed by atoms with Gasteiger partial charge < -0.3 is 10.4 Å². The molecule has 0 aromatic carbocycles. The summed E-state index contributed by atoms with van der Waals surface area (Å²) in [6.07, 6.45) is 3.17. The summed E-state index contributed by atoms with van der Waals surface area (Å²) in [5, 5.41) is 13.0. The normalized spacial score (nSPS) is 13.9. The Morgan fingerprint density at radius 2 is 1.64 bits per heavy atom. The second kappa shape index (κ2) is 8.25. The van der Waals surface area contributed by atoms with Crippen molar-refractivity contribution in [3.05, 3.63) is 0 Å². The zero-order valence-corrected chi connectivity index (χ0v) is 10.2. The van der Waals surface area contributed by atoms with Crippen LogP contribution in [0.4, 0.5) is 0 Å². The highest BCUT2D eigenvalue weighted by molar-refractivity contribution is 4.64. The fraction of sp³-hybridized carbons (Fsp3) is 1.00. The van der Waals surface area contributed by atoms with Crippen LogP contribution in [0.3, 0.4) is 0 Å². The molecule has 0 amide bonds. The maximum absolute atomic E-state index is 9.62. The minimum absolute atomic E-state index is 0.177. The lowest BCUT2D eigenvalue weighted by atomic mass is 10.0. The van der Waals surface area contributed by atoms with Gasteiger partial charge in [-0.15, -0.1) is 0 Å². The predicted octanol–water partition coefficient (Wildman–Crippen LogP) is 2.42. The lowest BCUT2D eigenvalue weighted by molar-refractivity contribution is 0.144. The molecule has 0 rings (SSSR count). The Balaban J connectivity index is 3.42. The van der Waals surface area contributed by atoms with E-state index in [1.807, 2.05) is 0 Å². The summed E-state index contributed by atoms with van der Waals surface area (Å²) in [4.78, 5) is 0. The highest BCUT2D eigenvalue weighted by atomic mass is 16.3. The largest absolute Gasteiger partial charge is 0.392 e. The number of aliphatic hydroxyl groups is 1. The van der Waals surface area contributed by atoms with Gasteiger partial charge in [0.1, 0.15) is 0 Å². The minimum atomic E-state index is -0.177. The van der Waals surface area contributed by atoms with Gasteiger partial charge in [-0.1, -0.05) is 40.5 Å². The molecule has 0 spiro atoms. The SMILES string of the molecule is CCC(CC)CNCC(O)CC(C)C. The third kappa shape index (κ3) is 7.34. The van der Waals surface area contributed by atoms with E-state index in [4.69, 9.17) is 0 Å². The van der Waals surface area contributed by atoms with Gasteiger partial charge in [0.05, 0.1) is 6.10 Å². The van der Waals surface area contributed by atoms with Crippen molar-refractivity contribution >= 4 is 0 Å². The molecule has 2 nitrogen and oxygen atoms in total. The van der Waals surface area contributed by atoms with Crippen molar-refractivity contribution in [1.29, 1.82) is 0 Å². The molecule has 0 aliphatic heterocycles. The molecule has 0 radical (unpaired) electrons. The topological polar surface area (TPSA) is 32.3 Å². The van der Waals surface area contributed by atoms with Crippen molar-refractivity contribution in [2.24, 2.45) is 11.8 Å². The van der Waals surface area contributed by atoms with Gasteiger partial charge in [0.25, 0.3) is 0 Å². The third-order valence-corrected chi connectivity index (χ3v) is 2.71. The Morgan fingerprint density at radius 3 is 2.07 bits per heavy atom. The Hall–Kier alpha value is -0.0800. The van der Waals surface area contributed by atoms with E-state index in [1.54, 1.807) is 0 Å². The van der Waals surface area contributed by atoms with E-state index in [0.29, 0.717) is 5.92 Å². The van der Waals surface area contributed by atoms with Crippen molar-refractivity contribution in [3.8, 4) is 0 Å². The summed E-state index contributed by atoms with van der Waals surface area (Å²) in [5.74, 6) is 1.35. The van der Waals surface area contributed by atoms with Crippen LogP contribution in [0.15, 0.2) is 0 Å². The molecule has 86 valence electrons. The van der Waals surface area contributed by atoms with Crippen molar-refractivity contribution < 1.29 is 5.11 Å². The number of aliphatic hydroxyl groups excluding tert-OH is 1. The van der Waals surface area contributed by atoms with Crippen LogP contribution in [0.25, 0.3) is 0 Å². The summed E-state index contributed by atoms with van der Waals surface area (Å²) >= 11 is 0. The second-order valence-corrected chi connectivity index (χ2v) is 4.62. The Labute approximate surface area is 89.1 Å². The lowest BCUT2D eigenvalue weighted by Gasteiger charge is -2.17. The quantitative estimate of drug-likeness (QED) is 0.632. The fourth-order valence-electron chi connectivity index (χ4n) is 1.66.